The molecule has 1 fully saturated rings. The van der Waals surface area contributed by atoms with Gasteiger partial charge in [0.1, 0.15) is 11.5 Å². The van der Waals surface area contributed by atoms with Crippen molar-refractivity contribution in [1.29, 1.82) is 0 Å². The molecule has 0 aromatic carbocycles. The Labute approximate surface area is 212 Å². The Kier molecular flexibility index (Phi) is 10.1. The molecule has 2 N–H and O–H groups in total. The molecule has 8 nitrogen and oxygen atoms in total. The molecule has 4 atom stereocenters. The third-order valence-electron chi connectivity index (χ3n) is 7.00. The van der Waals surface area contributed by atoms with Crippen molar-refractivity contribution in [2.75, 3.05) is 11.9 Å². The van der Waals surface area contributed by atoms with Gasteiger partial charge >= 0.3 is 6.08 Å². The van der Waals surface area contributed by atoms with Crippen LogP contribution < -0.4 is 5.32 Å². The Morgan fingerprint density at radius 2 is 2.06 bits per heavy atom. The van der Waals surface area contributed by atoms with Crippen molar-refractivity contribution in [2.24, 2.45) is 16.8 Å². The second-order valence-corrected chi connectivity index (χ2v) is 9.79. The summed E-state index contributed by atoms with van der Waals surface area (Å²) in [5.41, 5.74) is -0.198. The van der Waals surface area contributed by atoms with E-state index in [0.29, 0.717) is 62.7 Å². The summed E-state index contributed by atoms with van der Waals surface area (Å²) in [6, 6.07) is 0. The molecule has 3 heterocycles. The minimum atomic E-state index is -1.05. The van der Waals surface area contributed by atoms with Crippen LogP contribution in [-0.4, -0.2) is 51.3 Å². The average molecular weight is 501 g/mol. The molecule has 9 heteroatoms. The van der Waals surface area contributed by atoms with Gasteiger partial charge in [-0.25, -0.2) is 4.98 Å². The highest BCUT2D eigenvalue weighted by molar-refractivity contribution is 5.93. The number of nitrogens with one attached hydrogen (secondary N) is 1. The lowest BCUT2D eigenvalue weighted by molar-refractivity contribution is -0.119. The predicted octanol–water partition coefficient (Wildman–Crippen LogP) is 4.32. The van der Waals surface area contributed by atoms with Crippen LogP contribution in [-0.2, 0) is 20.7 Å². The molecule has 196 valence electrons. The number of aromatic nitrogens is 2. The zero-order valence-corrected chi connectivity index (χ0v) is 21.3. The number of halogens is 1. The lowest BCUT2D eigenvalue weighted by atomic mass is 9.82. The molecule has 36 heavy (non-hydrogen) atoms. The molecule has 2 aliphatic heterocycles. The summed E-state index contributed by atoms with van der Waals surface area (Å²) in [6.45, 7) is 3.61. The first-order valence-corrected chi connectivity index (χ1v) is 13.0. The van der Waals surface area contributed by atoms with Crippen LogP contribution in [0.2, 0.25) is 0 Å². The van der Waals surface area contributed by atoms with Gasteiger partial charge in [-0.05, 0) is 57.3 Å². The highest BCUT2D eigenvalue weighted by Gasteiger charge is 2.47. The summed E-state index contributed by atoms with van der Waals surface area (Å²) in [5.74, 6) is 2.77. The van der Waals surface area contributed by atoms with Crippen molar-refractivity contribution >= 4 is 29.4 Å². The fourth-order valence-corrected chi connectivity index (χ4v) is 5.14. The van der Waals surface area contributed by atoms with Crippen molar-refractivity contribution < 1.29 is 23.8 Å². The van der Waals surface area contributed by atoms with Gasteiger partial charge in [-0.1, -0.05) is 19.8 Å². The maximum absolute atomic E-state index is 14.0. The van der Waals surface area contributed by atoms with Crippen LogP contribution in [0.4, 0.5) is 15.9 Å². The maximum atomic E-state index is 14.0. The molecular formula is C27H37FN4O4. The Morgan fingerprint density at radius 3 is 2.75 bits per heavy atom. The third kappa shape index (κ3) is 6.95. The SMILES string of the molecule is C#C[C@]1(CO)O[C@@H](CC2C=Nc3c(nc(F)nc3NC(=O)CCC)CC2)C[C@@H]1CCCC(=O)CCC. The molecular weight excluding hydrogens is 463 g/mol. The van der Waals surface area contributed by atoms with Gasteiger partial charge in [0, 0.05) is 31.4 Å². The molecule has 1 saturated heterocycles. The molecule has 0 aliphatic carbocycles. The summed E-state index contributed by atoms with van der Waals surface area (Å²) >= 11 is 0. The Morgan fingerprint density at radius 1 is 1.28 bits per heavy atom. The molecule has 0 saturated carbocycles. The number of amides is 1. The first-order valence-electron chi connectivity index (χ1n) is 13.0. The van der Waals surface area contributed by atoms with Crippen molar-refractivity contribution in [3.05, 3.63) is 11.8 Å². The summed E-state index contributed by atoms with van der Waals surface area (Å²) in [5, 5.41) is 12.7. The number of hydrogen-bond acceptors (Lipinski definition) is 7. The molecule has 0 spiro atoms. The van der Waals surface area contributed by atoms with Crippen LogP contribution in [0.25, 0.3) is 0 Å². The molecule has 1 aromatic heterocycles. The van der Waals surface area contributed by atoms with E-state index in [1.54, 1.807) is 6.21 Å². The first kappa shape index (κ1) is 27.9. The zero-order chi connectivity index (χ0) is 26.1. The van der Waals surface area contributed by atoms with E-state index in [1.165, 1.54) is 0 Å². The monoisotopic (exact) mass is 500 g/mol. The number of aliphatic imine (C=N–C) groups is 1. The van der Waals surface area contributed by atoms with E-state index < -0.39 is 11.7 Å². The van der Waals surface area contributed by atoms with Gasteiger partial charge in [-0.3, -0.25) is 14.6 Å². The third-order valence-corrected chi connectivity index (χ3v) is 7.00. The number of aryl methyl sites for hydroxylation is 1. The number of rotatable bonds is 12. The highest BCUT2D eigenvalue weighted by atomic mass is 19.1. The van der Waals surface area contributed by atoms with Crippen LogP contribution in [0.1, 0.15) is 83.7 Å². The number of anilines is 1. The maximum Gasteiger partial charge on any atom is 0.310 e. The van der Waals surface area contributed by atoms with Crippen LogP contribution in [0.5, 0.6) is 0 Å². The van der Waals surface area contributed by atoms with Crippen LogP contribution in [0.3, 0.4) is 0 Å². The molecule has 2 aliphatic rings. The summed E-state index contributed by atoms with van der Waals surface area (Å²) in [4.78, 5) is 36.2. The van der Waals surface area contributed by atoms with Crippen molar-refractivity contribution in [1.82, 2.24) is 9.97 Å². The minimum absolute atomic E-state index is 0.0190. The van der Waals surface area contributed by atoms with Gasteiger partial charge in [0.05, 0.1) is 18.4 Å². The summed E-state index contributed by atoms with van der Waals surface area (Å²) in [7, 11) is 0. The second-order valence-electron chi connectivity index (χ2n) is 9.79. The van der Waals surface area contributed by atoms with Gasteiger partial charge in [0.2, 0.25) is 5.91 Å². The number of terminal acetylenes is 1. The Balaban J connectivity index is 1.67. The number of fused-ring (bicyclic) bond motifs is 1. The van der Waals surface area contributed by atoms with E-state index >= 15 is 0 Å². The number of nitrogens with zero attached hydrogens (tertiary/aromatic N) is 3. The second kappa shape index (κ2) is 13.0. The van der Waals surface area contributed by atoms with E-state index in [-0.39, 0.29) is 42.1 Å². The number of aliphatic hydroxyl groups excluding tert-OH is 1. The number of Topliss-reactive ketones (excluding diaryl/α,β-unsaturated/α-hetero) is 1. The Hall–Kier alpha value is -2.70. The van der Waals surface area contributed by atoms with E-state index in [4.69, 9.17) is 11.2 Å². The van der Waals surface area contributed by atoms with Crippen LogP contribution in [0.15, 0.2) is 4.99 Å². The number of aliphatic hydroxyl groups is 1. The number of carbonyl (C=O) groups excluding carboxylic acids is 2. The quantitative estimate of drug-likeness (QED) is 0.326. The fraction of sp³-hybridized carbons (Fsp3) is 0.667. The predicted molar refractivity (Wildman–Crippen MR) is 136 cm³/mol. The van der Waals surface area contributed by atoms with Crippen LogP contribution in [0, 0.1) is 30.3 Å². The first-order chi connectivity index (χ1) is 17.3. The zero-order valence-electron chi connectivity index (χ0n) is 21.3. The van der Waals surface area contributed by atoms with Gasteiger partial charge < -0.3 is 15.2 Å². The number of ketones is 1. The smallest absolute Gasteiger partial charge is 0.310 e. The fourth-order valence-electron chi connectivity index (χ4n) is 5.14. The standard InChI is InChI=1S/C27H37FN4O4/c1-4-8-20(34)11-7-10-19-15-21(36-27(19,6-3)17-33)14-18-12-13-22-24(29-16-18)25(32-26(28)30-22)31-23(35)9-5-2/h3,16,18-19,21,33H,4-5,7-15,17H2,1-2H3,(H,30,31,32,35)/t18?,19-,21-,27+/m0/s1. The van der Waals surface area contributed by atoms with Gasteiger partial charge in [0.25, 0.3) is 0 Å². The number of ether oxygens (including phenoxy) is 1. The Bertz CT molecular complexity index is 1010. The van der Waals surface area contributed by atoms with Crippen molar-refractivity contribution in [3.8, 4) is 12.3 Å². The normalized spacial score (nSPS) is 25.1. The molecule has 0 bridgehead atoms. The van der Waals surface area contributed by atoms with Crippen molar-refractivity contribution in [3.63, 3.8) is 0 Å². The van der Waals surface area contributed by atoms with Gasteiger partial charge in [-0.2, -0.15) is 9.37 Å². The summed E-state index contributed by atoms with van der Waals surface area (Å²) in [6.07, 6.45) is 13.4. The minimum Gasteiger partial charge on any atom is -0.392 e. The summed E-state index contributed by atoms with van der Waals surface area (Å²) < 4.78 is 20.3. The van der Waals surface area contributed by atoms with Crippen molar-refractivity contribution in [2.45, 2.75) is 96.2 Å². The molecule has 1 unspecified atom stereocenters. The number of hydrogen-bond donors (Lipinski definition) is 2. The van der Waals surface area contributed by atoms with E-state index in [2.05, 4.69) is 26.2 Å². The average Bonchev–Trinajstić information content (AvgIpc) is 3.06. The molecule has 1 amide bonds. The molecule has 3 rings (SSSR count). The van der Waals surface area contributed by atoms with E-state index in [0.717, 1.165) is 19.3 Å². The topological polar surface area (TPSA) is 114 Å². The lowest BCUT2D eigenvalue weighted by Gasteiger charge is -2.27. The van der Waals surface area contributed by atoms with E-state index in [9.17, 15) is 19.1 Å². The van der Waals surface area contributed by atoms with Gasteiger partial charge in [-0.15, -0.1) is 6.42 Å². The number of carbonyl (C=O) groups is 2. The highest BCUT2D eigenvalue weighted by Crippen LogP contribution is 2.42. The molecule has 1 aromatic rings. The van der Waals surface area contributed by atoms with Crippen LogP contribution >= 0.6 is 0 Å². The molecule has 0 radical (unpaired) electrons. The van der Waals surface area contributed by atoms with Gasteiger partial charge in [0.15, 0.2) is 11.4 Å². The lowest BCUT2D eigenvalue weighted by Crippen LogP contribution is -2.38. The van der Waals surface area contributed by atoms with E-state index in [1.807, 2.05) is 13.8 Å². The largest absolute Gasteiger partial charge is 0.392 e.